The minimum atomic E-state index is -3.56. The first-order valence-electron chi connectivity index (χ1n) is 7.34. The molecule has 3 N–H and O–H groups in total. The molecule has 1 aromatic rings. The van der Waals surface area contributed by atoms with Gasteiger partial charge in [0.25, 0.3) is 0 Å². The third-order valence-electron chi connectivity index (χ3n) is 4.05. The van der Waals surface area contributed by atoms with Gasteiger partial charge in [-0.15, -0.1) is 0 Å². The van der Waals surface area contributed by atoms with Crippen molar-refractivity contribution in [2.24, 2.45) is 0 Å². The normalized spacial score (nSPS) is 17.1. The Balaban J connectivity index is 2.23. The molecule has 0 spiro atoms. The number of anilines is 1. The van der Waals surface area contributed by atoms with Gasteiger partial charge in [0.2, 0.25) is 10.0 Å². The molecule has 6 nitrogen and oxygen atoms in total. The van der Waals surface area contributed by atoms with E-state index >= 15 is 0 Å². The van der Waals surface area contributed by atoms with Gasteiger partial charge in [0.15, 0.2) is 0 Å². The summed E-state index contributed by atoms with van der Waals surface area (Å²) in [5, 5.41) is 4.17. The van der Waals surface area contributed by atoms with Crippen molar-refractivity contribution in [3.63, 3.8) is 0 Å². The highest BCUT2D eigenvalue weighted by molar-refractivity contribution is 7.89. The Bertz CT molecular complexity index is 543. The van der Waals surface area contributed by atoms with E-state index in [1.165, 1.54) is 6.20 Å². The molecule has 1 fully saturated rings. The lowest BCUT2D eigenvalue weighted by Crippen LogP contribution is -2.33. The molecule has 1 heterocycles. The fourth-order valence-electron chi connectivity index (χ4n) is 2.82. The molecule has 0 aromatic carbocycles. The minimum Gasteiger partial charge on any atom is -0.383 e. The number of sulfonamides is 1. The van der Waals surface area contributed by atoms with Crippen molar-refractivity contribution in [1.82, 2.24) is 14.5 Å². The zero-order chi connectivity index (χ0) is 14.8. The number of nitrogen functional groups attached to an aromatic ring is 1. The molecule has 114 valence electrons. The summed E-state index contributed by atoms with van der Waals surface area (Å²) in [5.41, 5.74) is 6.00. The van der Waals surface area contributed by atoms with Gasteiger partial charge in [-0.25, -0.2) is 17.8 Å². The van der Waals surface area contributed by atoms with Crippen LogP contribution in [0.2, 0.25) is 0 Å². The van der Waals surface area contributed by atoms with Crippen LogP contribution in [0, 0.1) is 0 Å². The van der Waals surface area contributed by atoms with Crippen molar-refractivity contribution in [2.75, 3.05) is 5.73 Å². The number of hydrogen-bond acceptors (Lipinski definition) is 4. The lowest BCUT2D eigenvalue weighted by Gasteiger charge is -2.16. The van der Waals surface area contributed by atoms with Crippen molar-refractivity contribution < 1.29 is 8.42 Å². The van der Waals surface area contributed by atoms with Gasteiger partial charge in [-0.1, -0.05) is 26.7 Å². The first kappa shape index (κ1) is 15.3. The Labute approximate surface area is 120 Å². The molecule has 0 atom stereocenters. The number of nitrogens with one attached hydrogen (secondary N) is 1. The van der Waals surface area contributed by atoms with E-state index in [2.05, 4.69) is 9.82 Å². The maximum atomic E-state index is 12.4. The summed E-state index contributed by atoms with van der Waals surface area (Å²) >= 11 is 0. The van der Waals surface area contributed by atoms with Crippen molar-refractivity contribution in [1.29, 1.82) is 0 Å². The lowest BCUT2D eigenvalue weighted by molar-refractivity contribution is 0.434. The number of nitrogens with zero attached hydrogens (tertiary/aromatic N) is 2. The van der Waals surface area contributed by atoms with Crippen molar-refractivity contribution in [2.45, 2.75) is 69.4 Å². The van der Waals surface area contributed by atoms with E-state index in [9.17, 15) is 8.42 Å². The van der Waals surface area contributed by atoms with Gasteiger partial charge in [-0.05, 0) is 25.7 Å². The van der Waals surface area contributed by atoms with Crippen molar-refractivity contribution in [3.8, 4) is 0 Å². The highest BCUT2D eigenvalue weighted by Gasteiger charge is 2.27. The lowest BCUT2D eigenvalue weighted by atomic mass is 10.2. The summed E-state index contributed by atoms with van der Waals surface area (Å²) in [4.78, 5) is 0.108. The molecule has 0 radical (unpaired) electrons. The fourth-order valence-corrected chi connectivity index (χ4v) is 4.17. The smallest absolute Gasteiger partial charge is 0.246 e. The SMILES string of the molecule is CCC(CC)n1ncc(S(=O)(=O)NC2CCCC2)c1N. The maximum absolute atomic E-state index is 12.4. The number of rotatable bonds is 6. The van der Waals surface area contributed by atoms with E-state index in [4.69, 9.17) is 5.73 Å². The van der Waals surface area contributed by atoms with E-state index < -0.39 is 10.0 Å². The van der Waals surface area contributed by atoms with Gasteiger partial charge in [-0.2, -0.15) is 5.10 Å². The Kier molecular flexibility index (Phi) is 4.70. The van der Waals surface area contributed by atoms with E-state index in [-0.39, 0.29) is 22.8 Å². The topological polar surface area (TPSA) is 90.0 Å². The summed E-state index contributed by atoms with van der Waals surface area (Å²) in [7, 11) is -3.56. The van der Waals surface area contributed by atoms with Crippen molar-refractivity contribution in [3.05, 3.63) is 6.20 Å². The van der Waals surface area contributed by atoms with Crippen molar-refractivity contribution >= 4 is 15.8 Å². The van der Waals surface area contributed by atoms with Crippen LogP contribution in [0.3, 0.4) is 0 Å². The van der Waals surface area contributed by atoms with Crippen LogP contribution in [0.1, 0.15) is 58.4 Å². The predicted octanol–water partition coefficient (Wildman–Crippen LogP) is 2.05. The van der Waals surface area contributed by atoms with E-state index in [1.54, 1.807) is 4.68 Å². The molecular weight excluding hydrogens is 276 g/mol. The van der Waals surface area contributed by atoms with Crippen LogP contribution >= 0.6 is 0 Å². The molecule has 1 aliphatic carbocycles. The van der Waals surface area contributed by atoms with Gasteiger partial charge in [-0.3, -0.25) is 0 Å². The van der Waals surface area contributed by atoms with Gasteiger partial charge in [0.1, 0.15) is 10.7 Å². The predicted molar refractivity (Wildman–Crippen MR) is 78.8 cm³/mol. The number of aromatic nitrogens is 2. The number of hydrogen-bond donors (Lipinski definition) is 2. The van der Waals surface area contributed by atoms with E-state index in [0.29, 0.717) is 0 Å². The second-order valence-electron chi connectivity index (χ2n) is 5.41. The third-order valence-corrected chi connectivity index (χ3v) is 5.59. The second-order valence-corrected chi connectivity index (χ2v) is 7.09. The standard InChI is InChI=1S/C13H24N4O2S/c1-3-11(4-2)17-13(14)12(9-15-17)20(18,19)16-10-7-5-6-8-10/h9-11,16H,3-8,14H2,1-2H3. The Morgan fingerprint density at radius 2 is 2.00 bits per heavy atom. The zero-order valence-corrected chi connectivity index (χ0v) is 13.0. The van der Waals surface area contributed by atoms with Crippen LogP contribution in [0.5, 0.6) is 0 Å². The summed E-state index contributed by atoms with van der Waals surface area (Å²) in [6.45, 7) is 4.08. The van der Waals surface area contributed by atoms with Gasteiger partial charge in [0.05, 0.1) is 12.2 Å². The monoisotopic (exact) mass is 300 g/mol. The molecule has 0 bridgehead atoms. The van der Waals surface area contributed by atoms with Crippen LogP contribution in [-0.2, 0) is 10.0 Å². The first-order chi connectivity index (χ1) is 9.49. The molecule has 0 saturated heterocycles. The third kappa shape index (κ3) is 2.98. The summed E-state index contributed by atoms with van der Waals surface area (Å²) < 4.78 is 29.1. The highest BCUT2D eigenvalue weighted by Crippen LogP contribution is 2.26. The molecular formula is C13H24N4O2S. The Morgan fingerprint density at radius 3 is 2.55 bits per heavy atom. The molecule has 20 heavy (non-hydrogen) atoms. The van der Waals surface area contributed by atoms with Gasteiger partial charge in [0, 0.05) is 6.04 Å². The summed E-state index contributed by atoms with van der Waals surface area (Å²) in [6, 6.07) is 0.182. The Morgan fingerprint density at radius 1 is 1.40 bits per heavy atom. The summed E-state index contributed by atoms with van der Waals surface area (Å²) in [5.74, 6) is 0.240. The van der Waals surface area contributed by atoms with Crippen LogP contribution in [0.25, 0.3) is 0 Å². The van der Waals surface area contributed by atoms with E-state index in [1.807, 2.05) is 13.8 Å². The molecule has 1 saturated carbocycles. The van der Waals surface area contributed by atoms with Crippen LogP contribution in [-0.4, -0.2) is 24.2 Å². The zero-order valence-electron chi connectivity index (χ0n) is 12.2. The molecule has 0 unspecified atom stereocenters. The van der Waals surface area contributed by atoms with Gasteiger partial charge < -0.3 is 5.73 Å². The largest absolute Gasteiger partial charge is 0.383 e. The average molecular weight is 300 g/mol. The average Bonchev–Trinajstić information content (AvgIpc) is 3.01. The second kappa shape index (κ2) is 6.13. The molecule has 1 aliphatic rings. The first-order valence-corrected chi connectivity index (χ1v) is 8.83. The van der Waals surface area contributed by atoms with Gasteiger partial charge >= 0.3 is 0 Å². The van der Waals surface area contributed by atoms with Crippen LogP contribution in [0.15, 0.2) is 11.1 Å². The summed E-state index contributed by atoms with van der Waals surface area (Å²) in [6.07, 6.45) is 7.08. The molecule has 2 rings (SSSR count). The quantitative estimate of drug-likeness (QED) is 0.841. The Hall–Kier alpha value is -1.08. The highest BCUT2D eigenvalue weighted by atomic mass is 32.2. The van der Waals surface area contributed by atoms with Crippen LogP contribution in [0.4, 0.5) is 5.82 Å². The maximum Gasteiger partial charge on any atom is 0.246 e. The molecule has 7 heteroatoms. The minimum absolute atomic E-state index is 0.0379. The molecule has 0 amide bonds. The van der Waals surface area contributed by atoms with E-state index in [0.717, 1.165) is 38.5 Å². The number of nitrogens with two attached hydrogens (primary N) is 1. The van der Waals surface area contributed by atoms with Crippen LogP contribution < -0.4 is 10.5 Å². The fraction of sp³-hybridized carbons (Fsp3) is 0.769. The molecule has 0 aliphatic heterocycles. The molecule has 1 aromatic heterocycles.